The van der Waals surface area contributed by atoms with Gasteiger partial charge in [-0.2, -0.15) is 5.10 Å². The number of hydrogen-bond acceptors (Lipinski definition) is 4. The molecule has 2 aromatic heterocycles. The van der Waals surface area contributed by atoms with E-state index >= 15 is 0 Å². The highest BCUT2D eigenvalue weighted by atomic mass is 16.2. The van der Waals surface area contributed by atoms with Crippen molar-refractivity contribution in [3.63, 3.8) is 0 Å². The van der Waals surface area contributed by atoms with Gasteiger partial charge in [0.05, 0.1) is 22.2 Å². The molecule has 1 aromatic carbocycles. The van der Waals surface area contributed by atoms with Crippen LogP contribution in [0.5, 0.6) is 0 Å². The second-order valence-electron chi connectivity index (χ2n) is 10.3. The van der Waals surface area contributed by atoms with Gasteiger partial charge in [-0.15, -0.1) is 0 Å². The smallest absolute Gasteiger partial charge is 0.252 e. The maximum Gasteiger partial charge on any atom is 0.252 e. The Bertz CT molecular complexity index is 1220. The summed E-state index contributed by atoms with van der Waals surface area (Å²) in [5.74, 6) is 0.238. The molecule has 33 heavy (non-hydrogen) atoms. The molecule has 2 heterocycles. The third kappa shape index (κ3) is 4.92. The van der Waals surface area contributed by atoms with E-state index in [4.69, 9.17) is 10.1 Å². The molecule has 7 heteroatoms. The number of anilines is 1. The molecule has 4 rings (SSSR count). The SMILES string of the molecule is Cc1nn(C(C)(C)C)c2nc(C(C)C)cc(C(=O)NCc3cccc(NC(=O)C4CC4)c3)c12. The number of carbonyl (C=O) groups is 2. The lowest BCUT2D eigenvalue weighted by Crippen LogP contribution is -2.25. The molecule has 0 spiro atoms. The van der Waals surface area contributed by atoms with Gasteiger partial charge in [0.2, 0.25) is 5.91 Å². The summed E-state index contributed by atoms with van der Waals surface area (Å²) in [5.41, 5.74) is 4.41. The van der Waals surface area contributed by atoms with Crippen molar-refractivity contribution in [2.75, 3.05) is 5.32 Å². The summed E-state index contributed by atoms with van der Waals surface area (Å²) in [6.45, 7) is 12.7. The number of aromatic nitrogens is 3. The van der Waals surface area contributed by atoms with Gasteiger partial charge in [-0.25, -0.2) is 9.67 Å². The van der Waals surface area contributed by atoms with Crippen LogP contribution in [0.15, 0.2) is 30.3 Å². The van der Waals surface area contributed by atoms with E-state index in [0.717, 1.165) is 46.5 Å². The van der Waals surface area contributed by atoms with Gasteiger partial charge in [0.1, 0.15) is 0 Å². The number of nitrogens with zero attached hydrogens (tertiary/aromatic N) is 3. The van der Waals surface area contributed by atoms with Crippen molar-refractivity contribution in [3.8, 4) is 0 Å². The van der Waals surface area contributed by atoms with Crippen molar-refractivity contribution < 1.29 is 9.59 Å². The van der Waals surface area contributed by atoms with Crippen LogP contribution in [0.3, 0.4) is 0 Å². The fourth-order valence-electron chi connectivity index (χ4n) is 3.88. The molecular formula is C26H33N5O2. The Labute approximate surface area is 195 Å². The number of carbonyl (C=O) groups excluding carboxylic acids is 2. The molecule has 0 bridgehead atoms. The molecule has 2 amide bonds. The Morgan fingerprint density at radius 2 is 1.91 bits per heavy atom. The summed E-state index contributed by atoms with van der Waals surface area (Å²) >= 11 is 0. The number of nitrogens with one attached hydrogen (secondary N) is 2. The van der Waals surface area contributed by atoms with Crippen molar-refractivity contribution in [1.29, 1.82) is 0 Å². The van der Waals surface area contributed by atoms with E-state index in [2.05, 4.69) is 45.3 Å². The molecule has 0 unspecified atom stereocenters. The Kier molecular flexibility index (Phi) is 5.99. The zero-order valence-corrected chi connectivity index (χ0v) is 20.3. The minimum atomic E-state index is -0.256. The Morgan fingerprint density at radius 3 is 2.55 bits per heavy atom. The van der Waals surface area contributed by atoms with Gasteiger partial charge in [0, 0.05) is 23.8 Å². The summed E-state index contributed by atoms with van der Waals surface area (Å²) in [4.78, 5) is 30.3. The van der Waals surface area contributed by atoms with Crippen LogP contribution in [0.2, 0.25) is 0 Å². The molecule has 174 valence electrons. The highest BCUT2D eigenvalue weighted by Gasteiger charge is 2.29. The van der Waals surface area contributed by atoms with E-state index in [-0.39, 0.29) is 29.2 Å². The number of hydrogen-bond donors (Lipinski definition) is 2. The molecule has 0 saturated heterocycles. The number of rotatable bonds is 6. The molecule has 2 N–H and O–H groups in total. The van der Waals surface area contributed by atoms with Gasteiger partial charge in [0.15, 0.2) is 5.65 Å². The van der Waals surface area contributed by atoms with Gasteiger partial charge in [-0.3, -0.25) is 9.59 Å². The minimum absolute atomic E-state index is 0.0721. The van der Waals surface area contributed by atoms with Gasteiger partial charge in [-0.05, 0) is 70.2 Å². The van der Waals surface area contributed by atoms with Crippen molar-refractivity contribution in [3.05, 3.63) is 52.8 Å². The average molecular weight is 448 g/mol. The van der Waals surface area contributed by atoms with Crippen LogP contribution >= 0.6 is 0 Å². The number of benzene rings is 1. The van der Waals surface area contributed by atoms with Crippen molar-refractivity contribution >= 4 is 28.5 Å². The zero-order chi connectivity index (χ0) is 23.9. The second-order valence-corrected chi connectivity index (χ2v) is 10.3. The van der Waals surface area contributed by atoms with Crippen molar-refractivity contribution in [2.24, 2.45) is 5.92 Å². The first kappa shape index (κ1) is 23.0. The standard InChI is InChI=1S/C26H33N5O2/c1-15(2)21-13-20(22-16(3)30-31(23(22)29-21)26(4,5)6)25(33)27-14-17-8-7-9-19(12-17)28-24(32)18-10-11-18/h7-9,12-13,15,18H,10-11,14H2,1-6H3,(H,27,33)(H,28,32). The van der Waals surface area contributed by atoms with E-state index < -0.39 is 0 Å². The van der Waals surface area contributed by atoms with Crippen LogP contribution in [-0.2, 0) is 16.9 Å². The maximum atomic E-state index is 13.3. The Hall–Kier alpha value is -3.22. The highest BCUT2D eigenvalue weighted by Crippen LogP contribution is 2.31. The lowest BCUT2D eigenvalue weighted by Gasteiger charge is -2.20. The van der Waals surface area contributed by atoms with E-state index in [1.807, 2.05) is 41.9 Å². The fraction of sp³-hybridized carbons (Fsp3) is 0.462. The second kappa shape index (κ2) is 8.61. The van der Waals surface area contributed by atoms with Crippen LogP contribution in [0.4, 0.5) is 5.69 Å². The predicted octanol–water partition coefficient (Wildman–Crippen LogP) is 4.90. The first-order valence-electron chi connectivity index (χ1n) is 11.6. The normalized spacial score (nSPS) is 14.0. The molecule has 1 aliphatic rings. The summed E-state index contributed by atoms with van der Waals surface area (Å²) in [5, 5.41) is 11.5. The van der Waals surface area contributed by atoms with E-state index in [1.54, 1.807) is 0 Å². The molecule has 1 aliphatic carbocycles. The van der Waals surface area contributed by atoms with Crippen molar-refractivity contribution in [1.82, 2.24) is 20.1 Å². The van der Waals surface area contributed by atoms with Gasteiger partial charge >= 0.3 is 0 Å². The van der Waals surface area contributed by atoms with E-state index in [9.17, 15) is 9.59 Å². The number of fused-ring (bicyclic) bond motifs is 1. The summed E-state index contributed by atoms with van der Waals surface area (Å²) in [6.07, 6.45) is 1.93. The Morgan fingerprint density at radius 1 is 1.18 bits per heavy atom. The topological polar surface area (TPSA) is 88.9 Å². The van der Waals surface area contributed by atoms with Gasteiger partial charge < -0.3 is 10.6 Å². The number of amides is 2. The van der Waals surface area contributed by atoms with E-state index in [0.29, 0.717) is 12.1 Å². The van der Waals surface area contributed by atoms with E-state index in [1.165, 1.54) is 0 Å². The summed E-state index contributed by atoms with van der Waals surface area (Å²) < 4.78 is 1.91. The minimum Gasteiger partial charge on any atom is -0.348 e. The lowest BCUT2D eigenvalue weighted by atomic mass is 10.0. The van der Waals surface area contributed by atoms with Crippen LogP contribution in [0, 0.1) is 12.8 Å². The largest absolute Gasteiger partial charge is 0.348 e. The molecular weight excluding hydrogens is 414 g/mol. The van der Waals surface area contributed by atoms with Crippen molar-refractivity contribution in [2.45, 2.75) is 72.4 Å². The van der Waals surface area contributed by atoms with Crippen LogP contribution in [-0.4, -0.2) is 26.6 Å². The van der Waals surface area contributed by atoms with Crippen LogP contribution < -0.4 is 10.6 Å². The third-order valence-electron chi connectivity index (χ3n) is 5.90. The first-order valence-corrected chi connectivity index (χ1v) is 11.6. The highest BCUT2D eigenvalue weighted by molar-refractivity contribution is 6.06. The van der Waals surface area contributed by atoms with Gasteiger partial charge in [0.25, 0.3) is 5.91 Å². The molecule has 1 fully saturated rings. The number of pyridine rings is 1. The number of aryl methyl sites for hydroxylation is 1. The van der Waals surface area contributed by atoms with Crippen LogP contribution in [0.1, 0.15) is 80.7 Å². The lowest BCUT2D eigenvalue weighted by molar-refractivity contribution is -0.117. The maximum absolute atomic E-state index is 13.3. The fourth-order valence-corrected chi connectivity index (χ4v) is 3.88. The first-order chi connectivity index (χ1) is 15.5. The Balaban J connectivity index is 1.60. The molecule has 7 nitrogen and oxygen atoms in total. The predicted molar refractivity (Wildman–Crippen MR) is 130 cm³/mol. The summed E-state index contributed by atoms with van der Waals surface area (Å²) in [7, 11) is 0. The molecule has 0 aliphatic heterocycles. The molecule has 1 saturated carbocycles. The molecule has 3 aromatic rings. The molecule has 0 atom stereocenters. The average Bonchev–Trinajstić information content (AvgIpc) is 3.54. The third-order valence-corrected chi connectivity index (χ3v) is 5.90. The zero-order valence-electron chi connectivity index (χ0n) is 20.3. The quantitative estimate of drug-likeness (QED) is 0.563. The van der Waals surface area contributed by atoms with Crippen LogP contribution in [0.25, 0.3) is 11.0 Å². The van der Waals surface area contributed by atoms with Gasteiger partial charge in [-0.1, -0.05) is 26.0 Å². The summed E-state index contributed by atoms with van der Waals surface area (Å²) in [6, 6.07) is 9.50. The molecule has 0 radical (unpaired) electrons. The monoisotopic (exact) mass is 447 g/mol.